The van der Waals surface area contributed by atoms with Crippen molar-refractivity contribution < 1.29 is 4.79 Å². The molecule has 76 valence electrons. The highest BCUT2D eigenvalue weighted by molar-refractivity contribution is 5.80. The maximum atomic E-state index is 11.1. The van der Waals surface area contributed by atoms with Crippen LogP contribution >= 0.6 is 0 Å². The lowest BCUT2D eigenvalue weighted by atomic mass is 10.1. The van der Waals surface area contributed by atoms with E-state index in [1.54, 1.807) is 0 Å². The quantitative estimate of drug-likeness (QED) is 0.665. The van der Waals surface area contributed by atoms with Gasteiger partial charge in [0.1, 0.15) is 5.78 Å². The van der Waals surface area contributed by atoms with E-state index in [9.17, 15) is 4.79 Å². The van der Waals surface area contributed by atoms with Gasteiger partial charge >= 0.3 is 0 Å². The lowest BCUT2D eigenvalue weighted by molar-refractivity contribution is -0.119. The van der Waals surface area contributed by atoms with E-state index in [0.29, 0.717) is 18.6 Å². The first kappa shape index (κ1) is 9.24. The Labute approximate surface area is 83.5 Å². The van der Waals surface area contributed by atoms with Crippen LogP contribution in [0.3, 0.4) is 0 Å². The van der Waals surface area contributed by atoms with Gasteiger partial charge in [-0.3, -0.25) is 9.48 Å². The fourth-order valence-corrected chi connectivity index (χ4v) is 1.68. The number of aryl methyl sites for hydroxylation is 2. The highest BCUT2D eigenvalue weighted by Gasteiger charge is 2.18. The molecule has 0 spiro atoms. The third kappa shape index (κ3) is 1.64. The Balaban J connectivity index is 2.12. The molecule has 0 aliphatic carbocycles. The van der Waals surface area contributed by atoms with Crippen LogP contribution in [0.15, 0.2) is 6.07 Å². The summed E-state index contributed by atoms with van der Waals surface area (Å²) in [5.74, 6) is 1.37. The van der Waals surface area contributed by atoms with Crippen molar-refractivity contribution in [3.8, 4) is 0 Å². The van der Waals surface area contributed by atoms with Gasteiger partial charge in [0.15, 0.2) is 5.82 Å². The average Bonchev–Trinajstić information content (AvgIpc) is 2.48. The summed E-state index contributed by atoms with van der Waals surface area (Å²) in [6.45, 7) is 3.66. The summed E-state index contributed by atoms with van der Waals surface area (Å²) in [4.78, 5) is 13.2. The van der Waals surface area contributed by atoms with Crippen molar-refractivity contribution in [2.75, 3.05) is 18.0 Å². The summed E-state index contributed by atoms with van der Waals surface area (Å²) < 4.78 is 1.87. The largest absolute Gasteiger partial charge is 0.354 e. The van der Waals surface area contributed by atoms with E-state index < -0.39 is 0 Å². The van der Waals surface area contributed by atoms with Gasteiger partial charge in [-0.15, -0.1) is 0 Å². The van der Waals surface area contributed by atoms with Crippen molar-refractivity contribution in [1.82, 2.24) is 9.78 Å². The smallest absolute Gasteiger partial charge is 0.150 e. The summed E-state index contributed by atoms with van der Waals surface area (Å²) in [5, 5.41) is 4.39. The number of hydrogen-bond donors (Lipinski definition) is 0. The van der Waals surface area contributed by atoms with Gasteiger partial charge in [0, 0.05) is 44.7 Å². The van der Waals surface area contributed by atoms with Crippen molar-refractivity contribution in [3.63, 3.8) is 0 Å². The second-order valence-electron chi connectivity index (χ2n) is 3.79. The summed E-state index contributed by atoms with van der Waals surface area (Å²) in [6.07, 6.45) is 1.32. The molecule has 0 N–H and O–H groups in total. The van der Waals surface area contributed by atoms with Gasteiger partial charge < -0.3 is 4.90 Å². The second-order valence-corrected chi connectivity index (χ2v) is 3.79. The van der Waals surface area contributed by atoms with E-state index in [0.717, 1.165) is 24.6 Å². The zero-order valence-corrected chi connectivity index (χ0v) is 8.66. The average molecular weight is 193 g/mol. The van der Waals surface area contributed by atoms with Crippen molar-refractivity contribution in [2.24, 2.45) is 7.05 Å². The Morgan fingerprint density at radius 1 is 1.36 bits per heavy atom. The molecular weight excluding hydrogens is 178 g/mol. The third-order valence-corrected chi connectivity index (χ3v) is 2.75. The van der Waals surface area contributed by atoms with E-state index in [1.807, 2.05) is 18.7 Å². The molecule has 1 aliphatic rings. The number of rotatable bonds is 1. The zero-order chi connectivity index (χ0) is 10.1. The molecule has 0 unspecified atom stereocenters. The number of Topliss-reactive ketones (excluding diaryl/α,β-unsaturated/α-hetero) is 1. The Morgan fingerprint density at radius 2 is 2.00 bits per heavy atom. The molecule has 0 radical (unpaired) electrons. The van der Waals surface area contributed by atoms with Crippen molar-refractivity contribution in [3.05, 3.63) is 11.8 Å². The van der Waals surface area contributed by atoms with Crippen molar-refractivity contribution in [1.29, 1.82) is 0 Å². The molecule has 1 aliphatic heterocycles. The summed E-state index contributed by atoms with van der Waals surface area (Å²) in [5.41, 5.74) is 1.15. The number of anilines is 1. The number of carbonyl (C=O) groups excluding carboxylic acids is 1. The van der Waals surface area contributed by atoms with Gasteiger partial charge in [-0.1, -0.05) is 0 Å². The summed E-state index contributed by atoms with van der Waals surface area (Å²) in [7, 11) is 1.94. The predicted molar refractivity (Wildman–Crippen MR) is 54.4 cm³/mol. The topological polar surface area (TPSA) is 38.1 Å². The molecule has 1 aromatic rings. The lowest BCUT2D eigenvalue weighted by Crippen LogP contribution is -2.34. The standard InChI is InChI=1S/C10H15N3O/c1-8-7-10(11-12(8)2)13-5-3-9(14)4-6-13/h7H,3-6H2,1-2H3. The maximum absolute atomic E-state index is 11.1. The minimum Gasteiger partial charge on any atom is -0.354 e. The predicted octanol–water partition coefficient (Wildman–Crippen LogP) is 0.898. The normalized spacial score (nSPS) is 17.6. The van der Waals surface area contributed by atoms with Crippen LogP contribution in [0.25, 0.3) is 0 Å². The zero-order valence-electron chi connectivity index (χ0n) is 8.66. The molecule has 1 saturated heterocycles. The molecule has 1 fully saturated rings. The van der Waals surface area contributed by atoms with Crippen molar-refractivity contribution >= 4 is 11.6 Å². The van der Waals surface area contributed by atoms with Crippen LogP contribution in [0.4, 0.5) is 5.82 Å². The molecule has 4 nitrogen and oxygen atoms in total. The van der Waals surface area contributed by atoms with Gasteiger partial charge in [0.2, 0.25) is 0 Å². The molecular formula is C10H15N3O. The highest BCUT2D eigenvalue weighted by Crippen LogP contribution is 2.17. The number of nitrogens with zero attached hydrogens (tertiary/aromatic N) is 3. The van der Waals surface area contributed by atoms with Crippen LogP contribution in [0.5, 0.6) is 0 Å². The van der Waals surface area contributed by atoms with E-state index in [-0.39, 0.29) is 0 Å². The number of ketones is 1. The fraction of sp³-hybridized carbons (Fsp3) is 0.600. The summed E-state index contributed by atoms with van der Waals surface area (Å²) >= 11 is 0. The summed E-state index contributed by atoms with van der Waals surface area (Å²) in [6, 6.07) is 2.07. The molecule has 2 heterocycles. The molecule has 4 heteroatoms. The SMILES string of the molecule is Cc1cc(N2CCC(=O)CC2)nn1C. The number of hydrogen-bond acceptors (Lipinski definition) is 3. The fourth-order valence-electron chi connectivity index (χ4n) is 1.68. The number of piperidine rings is 1. The van der Waals surface area contributed by atoms with Crippen LogP contribution in [0.1, 0.15) is 18.5 Å². The van der Waals surface area contributed by atoms with E-state index in [2.05, 4.69) is 16.1 Å². The first-order valence-electron chi connectivity index (χ1n) is 4.94. The van der Waals surface area contributed by atoms with Crippen LogP contribution in [-0.2, 0) is 11.8 Å². The minimum absolute atomic E-state index is 0.369. The van der Waals surface area contributed by atoms with E-state index >= 15 is 0 Å². The number of carbonyl (C=O) groups is 1. The van der Waals surface area contributed by atoms with Gasteiger partial charge in [-0.2, -0.15) is 5.10 Å². The Morgan fingerprint density at radius 3 is 2.50 bits per heavy atom. The molecule has 2 rings (SSSR count). The number of aromatic nitrogens is 2. The lowest BCUT2D eigenvalue weighted by Gasteiger charge is -2.25. The monoisotopic (exact) mass is 193 g/mol. The van der Waals surface area contributed by atoms with E-state index in [1.165, 1.54) is 0 Å². The molecule has 0 bridgehead atoms. The molecule has 14 heavy (non-hydrogen) atoms. The van der Waals surface area contributed by atoms with Crippen LogP contribution < -0.4 is 4.90 Å². The Hall–Kier alpha value is -1.32. The van der Waals surface area contributed by atoms with E-state index in [4.69, 9.17) is 0 Å². The first-order chi connectivity index (χ1) is 6.66. The van der Waals surface area contributed by atoms with Gasteiger partial charge in [-0.25, -0.2) is 0 Å². The molecule has 1 aromatic heterocycles. The Bertz CT molecular complexity index is 327. The molecule has 0 aromatic carbocycles. The molecule has 0 amide bonds. The second kappa shape index (κ2) is 3.44. The maximum Gasteiger partial charge on any atom is 0.150 e. The van der Waals surface area contributed by atoms with Gasteiger partial charge in [0.25, 0.3) is 0 Å². The third-order valence-electron chi connectivity index (χ3n) is 2.75. The molecule has 0 saturated carbocycles. The van der Waals surface area contributed by atoms with Crippen molar-refractivity contribution in [2.45, 2.75) is 19.8 Å². The van der Waals surface area contributed by atoms with Crippen LogP contribution in [0.2, 0.25) is 0 Å². The Kier molecular flexibility index (Phi) is 2.27. The molecule has 0 atom stereocenters. The van der Waals surface area contributed by atoms with Gasteiger partial charge in [0.05, 0.1) is 0 Å². The highest BCUT2D eigenvalue weighted by atomic mass is 16.1. The van der Waals surface area contributed by atoms with Crippen LogP contribution in [-0.4, -0.2) is 28.7 Å². The minimum atomic E-state index is 0.369. The van der Waals surface area contributed by atoms with Gasteiger partial charge in [-0.05, 0) is 6.92 Å². The first-order valence-corrected chi connectivity index (χ1v) is 4.94. The van der Waals surface area contributed by atoms with Crippen LogP contribution in [0, 0.1) is 6.92 Å².